The summed E-state index contributed by atoms with van der Waals surface area (Å²) in [6.45, 7) is 5.06. The number of benzene rings is 2. The Kier molecular flexibility index (Phi) is 8.82. The Morgan fingerprint density at radius 2 is 1.76 bits per heavy atom. The van der Waals surface area contributed by atoms with Gasteiger partial charge in [-0.05, 0) is 38.1 Å². The first-order valence-corrected chi connectivity index (χ1v) is 11.5. The zero-order valence-electron chi connectivity index (χ0n) is 19.2. The Morgan fingerprint density at radius 3 is 2.52 bits per heavy atom. The van der Waals surface area contributed by atoms with Gasteiger partial charge in [0.05, 0.1) is 31.8 Å². The van der Waals surface area contributed by atoms with Gasteiger partial charge in [-0.3, -0.25) is 4.79 Å². The van der Waals surface area contributed by atoms with Crippen LogP contribution in [-0.4, -0.2) is 46.7 Å². The highest BCUT2D eigenvalue weighted by Crippen LogP contribution is 2.30. The van der Waals surface area contributed by atoms with E-state index in [0.717, 1.165) is 0 Å². The first kappa shape index (κ1) is 24.2. The minimum Gasteiger partial charge on any atom is -0.497 e. The van der Waals surface area contributed by atoms with Gasteiger partial charge < -0.3 is 28.8 Å². The fraction of sp³-hybridized carbons (Fsp3) is 0.348. The number of carbonyl (C=O) groups excluding carboxylic acids is 1. The van der Waals surface area contributed by atoms with Crippen molar-refractivity contribution in [1.29, 1.82) is 0 Å². The molecule has 0 radical (unpaired) electrons. The zero-order chi connectivity index (χ0) is 23.6. The second-order valence-electron chi connectivity index (χ2n) is 6.79. The van der Waals surface area contributed by atoms with Crippen molar-refractivity contribution < 1.29 is 23.7 Å². The number of anilines is 1. The molecule has 176 valence electrons. The maximum absolute atomic E-state index is 12.6. The van der Waals surface area contributed by atoms with Gasteiger partial charge in [0.1, 0.15) is 29.6 Å². The number of methoxy groups -OCH3 is 1. The molecule has 0 spiro atoms. The van der Waals surface area contributed by atoms with Crippen LogP contribution >= 0.6 is 11.8 Å². The van der Waals surface area contributed by atoms with Crippen molar-refractivity contribution >= 4 is 23.4 Å². The normalized spacial score (nSPS) is 10.5. The molecule has 9 nitrogen and oxygen atoms in total. The largest absolute Gasteiger partial charge is 0.497 e. The van der Waals surface area contributed by atoms with E-state index in [2.05, 4.69) is 15.5 Å². The van der Waals surface area contributed by atoms with Crippen LogP contribution in [0.4, 0.5) is 5.69 Å². The molecule has 1 amide bonds. The second kappa shape index (κ2) is 12.0. The summed E-state index contributed by atoms with van der Waals surface area (Å²) in [5, 5.41) is 11.8. The Bertz CT molecular complexity index is 1070. The van der Waals surface area contributed by atoms with Gasteiger partial charge in [-0.25, -0.2) is 0 Å². The van der Waals surface area contributed by atoms with E-state index in [9.17, 15) is 4.79 Å². The van der Waals surface area contributed by atoms with Crippen molar-refractivity contribution in [3.63, 3.8) is 0 Å². The van der Waals surface area contributed by atoms with Crippen LogP contribution in [0.15, 0.2) is 47.6 Å². The molecule has 1 heterocycles. The molecule has 0 unspecified atom stereocenters. The van der Waals surface area contributed by atoms with Gasteiger partial charge >= 0.3 is 0 Å². The highest BCUT2D eigenvalue weighted by Gasteiger charge is 2.14. The molecule has 33 heavy (non-hydrogen) atoms. The average Bonchev–Trinajstić information content (AvgIpc) is 3.17. The van der Waals surface area contributed by atoms with E-state index in [1.54, 1.807) is 29.9 Å². The molecule has 0 aliphatic carbocycles. The quantitative estimate of drug-likeness (QED) is 0.396. The number of rotatable bonds is 12. The number of carbonyl (C=O) groups is 1. The van der Waals surface area contributed by atoms with E-state index in [4.69, 9.17) is 18.9 Å². The first-order chi connectivity index (χ1) is 16.0. The van der Waals surface area contributed by atoms with Crippen molar-refractivity contribution in [2.24, 2.45) is 7.05 Å². The van der Waals surface area contributed by atoms with E-state index < -0.39 is 0 Å². The molecule has 1 aromatic heterocycles. The maximum Gasteiger partial charge on any atom is 0.234 e. The third-order valence-electron chi connectivity index (χ3n) is 4.50. The van der Waals surface area contributed by atoms with Gasteiger partial charge in [0.25, 0.3) is 0 Å². The topological polar surface area (TPSA) is 96.7 Å². The van der Waals surface area contributed by atoms with Crippen LogP contribution in [0.3, 0.4) is 0 Å². The van der Waals surface area contributed by atoms with E-state index in [0.29, 0.717) is 52.9 Å². The number of nitrogens with one attached hydrogen (secondary N) is 1. The molecule has 0 atom stereocenters. The summed E-state index contributed by atoms with van der Waals surface area (Å²) < 4.78 is 23.9. The standard InChI is InChI=1S/C23H28N4O5S/c1-5-30-18-10-11-20(31-6-2)19(13-18)24-22(28)15-33-23-26-25-21(27(23)3)14-32-17-9-7-8-16(12-17)29-4/h7-13H,5-6,14-15H2,1-4H3,(H,24,28). The highest BCUT2D eigenvalue weighted by atomic mass is 32.2. The zero-order valence-corrected chi connectivity index (χ0v) is 20.0. The first-order valence-electron chi connectivity index (χ1n) is 10.5. The third kappa shape index (κ3) is 6.79. The third-order valence-corrected chi connectivity index (χ3v) is 5.52. The average molecular weight is 473 g/mol. The lowest BCUT2D eigenvalue weighted by molar-refractivity contribution is -0.113. The molecule has 0 aliphatic heterocycles. The van der Waals surface area contributed by atoms with Crippen LogP contribution in [-0.2, 0) is 18.4 Å². The van der Waals surface area contributed by atoms with Gasteiger partial charge in [-0.15, -0.1) is 10.2 Å². The molecule has 0 saturated heterocycles. The fourth-order valence-electron chi connectivity index (χ4n) is 2.90. The monoisotopic (exact) mass is 472 g/mol. The molecule has 10 heteroatoms. The number of hydrogen-bond donors (Lipinski definition) is 1. The van der Waals surface area contributed by atoms with Gasteiger partial charge in [0.2, 0.25) is 5.91 Å². The van der Waals surface area contributed by atoms with E-state index in [1.165, 1.54) is 11.8 Å². The Morgan fingerprint density at radius 1 is 1.00 bits per heavy atom. The number of ether oxygens (including phenoxy) is 4. The fourth-order valence-corrected chi connectivity index (χ4v) is 3.63. The Balaban J connectivity index is 1.57. The van der Waals surface area contributed by atoms with Gasteiger partial charge in [-0.1, -0.05) is 17.8 Å². The summed E-state index contributed by atoms with van der Waals surface area (Å²) in [4.78, 5) is 12.6. The molecule has 0 fully saturated rings. The van der Waals surface area contributed by atoms with Crippen molar-refractivity contribution in [3.05, 3.63) is 48.3 Å². The Hall–Kier alpha value is -3.40. The molecule has 3 aromatic rings. The number of hydrogen-bond acceptors (Lipinski definition) is 8. The number of aromatic nitrogens is 3. The van der Waals surface area contributed by atoms with Gasteiger partial charge in [0.15, 0.2) is 11.0 Å². The number of amides is 1. The summed E-state index contributed by atoms with van der Waals surface area (Å²) in [7, 11) is 3.44. The van der Waals surface area contributed by atoms with Crippen molar-refractivity contribution in [3.8, 4) is 23.0 Å². The van der Waals surface area contributed by atoms with Gasteiger partial charge in [-0.2, -0.15) is 0 Å². The summed E-state index contributed by atoms with van der Waals surface area (Å²) in [5.74, 6) is 3.26. The van der Waals surface area contributed by atoms with Crippen molar-refractivity contribution in [2.75, 3.05) is 31.4 Å². The number of nitrogens with zero attached hydrogens (tertiary/aromatic N) is 3. The maximum atomic E-state index is 12.6. The summed E-state index contributed by atoms with van der Waals surface area (Å²) in [5.41, 5.74) is 0.568. The van der Waals surface area contributed by atoms with E-state index >= 15 is 0 Å². The van der Waals surface area contributed by atoms with Crippen molar-refractivity contribution in [1.82, 2.24) is 14.8 Å². The lowest BCUT2D eigenvalue weighted by Gasteiger charge is -2.13. The predicted molar refractivity (Wildman–Crippen MR) is 126 cm³/mol. The number of thioether (sulfide) groups is 1. The van der Waals surface area contributed by atoms with Crippen LogP contribution in [0.25, 0.3) is 0 Å². The van der Waals surface area contributed by atoms with Gasteiger partial charge in [0, 0.05) is 19.2 Å². The van der Waals surface area contributed by atoms with Crippen molar-refractivity contribution in [2.45, 2.75) is 25.6 Å². The molecule has 0 aliphatic rings. The summed E-state index contributed by atoms with van der Waals surface area (Å²) >= 11 is 1.29. The lowest BCUT2D eigenvalue weighted by Crippen LogP contribution is -2.15. The predicted octanol–water partition coefficient (Wildman–Crippen LogP) is 3.93. The van der Waals surface area contributed by atoms with Crippen LogP contribution in [0.2, 0.25) is 0 Å². The molecular formula is C23H28N4O5S. The molecule has 0 saturated carbocycles. The minimum absolute atomic E-state index is 0.160. The molecule has 3 rings (SSSR count). The second-order valence-corrected chi connectivity index (χ2v) is 7.73. The van der Waals surface area contributed by atoms with Crippen LogP contribution in [0.1, 0.15) is 19.7 Å². The molecule has 2 aromatic carbocycles. The smallest absolute Gasteiger partial charge is 0.234 e. The lowest BCUT2D eigenvalue weighted by atomic mass is 10.2. The Labute approximate surface area is 197 Å². The van der Waals surface area contributed by atoms with Crippen LogP contribution in [0.5, 0.6) is 23.0 Å². The van der Waals surface area contributed by atoms with E-state index in [-0.39, 0.29) is 18.3 Å². The highest BCUT2D eigenvalue weighted by molar-refractivity contribution is 7.99. The van der Waals surface area contributed by atoms with Crippen LogP contribution in [0, 0.1) is 0 Å². The molecule has 0 bridgehead atoms. The molecular weight excluding hydrogens is 444 g/mol. The van der Waals surface area contributed by atoms with E-state index in [1.807, 2.05) is 45.2 Å². The SMILES string of the molecule is CCOc1ccc(OCC)c(NC(=O)CSc2nnc(COc3cccc(OC)c3)n2C)c1. The minimum atomic E-state index is -0.188. The van der Waals surface area contributed by atoms with Crippen LogP contribution < -0.4 is 24.3 Å². The summed E-state index contributed by atoms with van der Waals surface area (Å²) in [6.07, 6.45) is 0. The summed E-state index contributed by atoms with van der Waals surface area (Å²) in [6, 6.07) is 12.7. The molecule has 1 N–H and O–H groups in total.